The van der Waals surface area contributed by atoms with Gasteiger partial charge in [-0.25, -0.2) is 4.98 Å². The Balaban J connectivity index is 1.53. The summed E-state index contributed by atoms with van der Waals surface area (Å²) in [6.07, 6.45) is 4.70. The molecule has 10 heteroatoms. The van der Waals surface area contributed by atoms with Gasteiger partial charge in [-0.1, -0.05) is 57.2 Å². The van der Waals surface area contributed by atoms with Crippen molar-refractivity contribution in [2.24, 2.45) is 6.98 Å². The molecule has 0 unspecified atom stereocenters. The van der Waals surface area contributed by atoms with Gasteiger partial charge in [-0.05, 0) is 81.2 Å². The summed E-state index contributed by atoms with van der Waals surface area (Å²) in [7, 11) is -1.10. The number of aryl methyl sites for hydroxylation is 1. The normalized spacial score (nSPS) is 13.1. The average molecular weight is 663 g/mol. The molecule has 222 valence electrons. The molecule has 0 aliphatic rings. The van der Waals surface area contributed by atoms with E-state index in [9.17, 15) is 4.57 Å². The minimum atomic E-state index is -2.69. The fourth-order valence-corrected chi connectivity index (χ4v) is 6.27. The van der Waals surface area contributed by atoms with Crippen LogP contribution in [0.3, 0.4) is 0 Å². The molecule has 0 bridgehead atoms. The van der Waals surface area contributed by atoms with E-state index in [1.807, 2.05) is 60.7 Å². The fourth-order valence-electron chi connectivity index (χ4n) is 4.82. The molecule has 0 aliphatic heterocycles. The number of ether oxygens (including phenoxy) is 1. The number of benzene rings is 3. The predicted octanol–water partition coefficient (Wildman–Crippen LogP) is 8.35. The van der Waals surface area contributed by atoms with Crippen molar-refractivity contribution in [2.45, 2.75) is 26.2 Å². The molecule has 8 nitrogen and oxygen atoms in total. The van der Waals surface area contributed by atoms with Gasteiger partial charge in [0.25, 0.3) is 0 Å². The molecule has 2 N–H and O–H groups in total. The standard InChI is InChI=1S/C33H36BrN6O2P/c1-33(2,3)25-17-29(42-5)28(16-24(25)23-18-36-40(4)20-23)38-32-35-19-26(34)31(39-32)37-27-14-13-22(15-30(27)43(6,7)41)21-11-9-8-10-12-21/h8-20H,1-7H3,(H2,35,37,38,39)/i4D3. The molecule has 0 fully saturated rings. The molecule has 3 aromatic carbocycles. The van der Waals surface area contributed by atoms with Crippen LogP contribution in [0.4, 0.5) is 23.1 Å². The zero-order valence-electron chi connectivity index (χ0n) is 27.9. The lowest BCUT2D eigenvalue weighted by atomic mass is 9.82. The van der Waals surface area contributed by atoms with Gasteiger partial charge in [0.2, 0.25) is 5.95 Å². The Labute approximate surface area is 265 Å². The highest BCUT2D eigenvalue weighted by molar-refractivity contribution is 9.10. The summed E-state index contributed by atoms with van der Waals surface area (Å²) in [5, 5.41) is 11.4. The molecule has 0 radical (unpaired) electrons. The average Bonchev–Trinajstić information content (AvgIpc) is 3.49. The SMILES string of the molecule is [2H]C([2H])([2H])n1cc(-c2cc(Nc3ncc(Br)c(Nc4ccc(-c5ccccc5)cc4P(C)(C)=O)n3)c(OC)cc2C(C)(C)C)cn1. The third kappa shape index (κ3) is 6.84. The van der Waals surface area contributed by atoms with Gasteiger partial charge in [-0.2, -0.15) is 10.1 Å². The third-order valence-electron chi connectivity index (χ3n) is 6.97. The van der Waals surface area contributed by atoms with E-state index in [1.165, 1.54) is 6.20 Å². The minimum absolute atomic E-state index is 0.287. The summed E-state index contributed by atoms with van der Waals surface area (Å²) in [6, 6.07) is 19.7. The Morgan fingerprint density at radius 1 is 0.953 bits per heavy atom. The first kappa shape index (κ1) is 26.7. The van der Waals surface area contributed by atoms with Crippen molar-refractivity contribution in [3.05, 3.63) is 89.3 Å². The second kappa shape index (κ2) is 12.0. The number of aromatic nitrogens is 4. The molecule has 0 atom stereocenters. The monoisotopic (exact) mass is 661 g/mol. The van der Waals surface area contributed by atoms with E-state index in [0.717, 1.165) is 26.9 Å². The molecule has 0 saturated heterocycles. The van der Waals surface area contributed by atoms with Crippen molar-refractivity contribution in [3.63, 3.8) is 0 Å². The topological polar surface area (TPSA) is 94.0 Å². The number of nitrogens with one attached hydrogen (secondary N) is 2. The number of hydrogen-bond donors (Lipinski definition) is 2. The van der Waals surface area contributed by atoms with Gasteiger partial charge < -0.3 is 19.9 Å². The van der Waals surface area contributed by atoms with Crippen molar-refractivity contribution >= 4 is 51.5 Å². The number of hydrogen-bond acceptors (Lipinski definition) is 7. The highest BCUT2D eigenvalue weighted by Gasteiger charge is 2.24. The van der Waals surface area contributed by atoms with Gasteiger partial charge in [-0.3, -0.25) is 4.68 Å². The van der Waals surface area contributed by atoms with E-state index in [1.54, 1.807) is 32.8 Å². The summed E-state index contributed by atoms with van der Waals surface area (Å²) < 4.78 is 44.1. The van der Waals surface area contributed by atoms with Crippen molar-refractivity contribution in [3.8, 4) is 28.0 Å². The Morgan fingerprint density at radius 3 is 2.37 bits per heavy atom. The van der Waals surface area contributed by atoms with Crippen molar-refractivity contribution in [1.82, 2.24) is 19.7 Å². The van der Waals surface area contributed by atoms with E-state index in [0.29, 0.717) is 38.3 Å². The van der Waals surface area contributed by atoms with E-state index in [2.05, 4.69) is 57.4 Å². The molecule has 5 rings (SSSR count). The number of nitrogens with zero attached hydrogens (tertiary/aromatic N) is 4. The van der Waals surface area contributed by atoms with Crippen LogP contribution in [0, 0.1) is 0 Å². The Hall–Kier alpha value is -3.94. The highest BCUT2D eigenvalue weighted by Crippen LogP contribution is 2.42. The maximum Gasteiger partial charge on any atom is 0.229 e. The molecule has 43 heavy (non-hydrogen) atoms. The third-order valence-corrected chi connectivity index (χ3v) is 9.08. The van der Waals surface area contributed by atoms with Gasteiger partial charge in [0.05, 0.1) is 29.2 Å². The summed E-state index contributed by atoms with van der Waals surface area (Å²) in [5.41, 5.74) is 5.39. The number of rotatable bonds is 8. The summed E-state index contributed by atoms with van der Waals surface area (Å²) >= 11 is 3.56. The van der Waals surface area contributed by atoms with Crippen LogP contribution in [0.15, 0.2) is 83.7 Å². The smallest absolute Gasteiger partial charge is 0.229 e. The predicted molar refractivity (Wildman–Crippen MR) is 181 cm³/mol. The van der Waals surface area contributed by atoms with Crippen LogP contribution in [0.2, 0.25) is 0 Å². The molecule has 0 amide bonds. The first-order valence-electron chi connectivity index (χ1n) is 15.1. The lowest BCUT2D eigenvalue weighted by molar-refractivity contribution is 0.415. The Morgan fingerprint density at radius 2 is 1.72 bits per heavy atom. The molecule has 0 aliphatic carbocycles. The number of anilines is 4. The maximum absolute atomic E-state index is 13.4. The van der Waals surface area contributed by atoms with E-state index in [-0.39, 0.29) is 11.4 Å². The van der Waals surface area contributed by atoms with E-state index >= 15 is 0 Å². The Bertz CT molecular complexity index is 1930. The van der Waals surface area contributed by atoms with Crippen LogP contribution in [0.25, 0.3) is 22.3 Å². The molecule has 2 aromatic heterocycles. The van der Waals surface area contributed by atoms with E-state index < -0.39 is 14.1 Å². The summed E-state index contributed by atoms with van der Waals surface area (Å²) in [6.45, 7) is 7.33. The van der Waals surface area contributed by atoms with Crippen LogP contribution >= 0.6 is 23.1 Å². The Kier molecular flexibility index (Phi) is 7.43. The fraction of sp³-hybridized carbons (Fsp3) is 0.242. The first-order valence-corrected chi connectivity index (χ1v) is 17.0. The van der Waals surface area contributed by atoms with Crippen LogP contribution in [-0.2, 0) is 17.0 Å². The lowest BCUT2D eigenvalue weighted by Crippen LogP contribution is -2.14. The first-order chi connectivity index (χ1) is 21.5. The van der Waals surface area contributed by atoms with Crippen LogP contribution in [0.5, 0.6) is 5.75 Å². The quantitative estimate of drug-likeness (QED) is 0.161. The largest absolute Gasteiger partial charge is 0.495 e. The van der Waals surface area contributed by atoms with Gasteiger partial charge in [0.15, 0.2) is 0 Å². The second-order valence-corrected chi connectivity index (χ2v) is 15.6. The van der Waals surface area contributed by atoms with Crippen LogP contribution in [0.1, 0.15) is 30.4 Å². The van der Waals surface area contributed by atoms with Crippen molar-refractivity contribution in [2.75, 3.05) is 31.1 Å². The van der Waals surface area contributed by atoms with Crippen molar-refractivity contribution in [1.29, 1.82) is 0 Å². The summed E-state index contributed by atoms with van der Waals surface area (Å²) in [5.74, 6) is 1.33. The molecular formula is C33H36BrN6O2P. The van der Waals surface area contributed by atoms with Crippen molar-refractivity contribution < 1.29 is 13.4 Å². The molecule has 0 spiro atoms. The van der Waals surface area contributed by atoms with Gasteiger partial charge >= 0.3 is 0 Å². The lowest BCUT2D eigenvalue weighted by Gasteiger charge is -2.25. The molecule has 2 heterocycles. The zero-order valence-corrected chi connectivity index (χ0v) is 27.4. The molecular weight excluding hydrogens is 623 g/mol. The highest BCUT2D eigenvalue weighted by atomic mass is 79.9. The second-order valence-electron chi connectivity index (χ2n) is 11.6. The van der Waals surface area contributed by atoms with Crippen LogP contribution in [-0.4, -0.2) is 40.2 Å². The van der Waals surface area contributed by atoms with Gasteiger partial charge in [0, 0.05) is 34.3 Å². The minimum Gasteiger partial charge on any atom is -0.495 e. The zero-order chi connectivity index (χ0) is 33.4. The summed E-state index contributed by atoms with van der Waals surface area (Å²) in [4.78, 5) is 9.21. The number of methoxy groups -OCH3 is 1. The molecule has 0 saturated carbocycles. The van der Waals surface area contributed by atoms with Crippen LogP contribution < -0.4 is 20.7 Å². The van der Waals surface area contributed by atoms with E-state index in [4.69, 9.17) is 13.8 Å². The maximum atomic E-state index is 13.4. The van der Waals surface area contributed by atoms with Gasteiger partial charge in [-0.15, -0.1) is 0 Å². The number of halogens is 1. The van der Waals surface area contributed by atoms with Gasteiger partial charge in [0.1, 0.15) is 18.7 Å². The molecule has 5 aromatic rings.